The van der Waals surface area contributed by atoms with E-state index in [0.29, 0.717) is 0 Å². The van der Waals surface area contributed by atoms with Crippen molar-refractivity contribution in [3.05, 3.63) is 119 Å². The third-order valence-corrected chi connectivity index (χ3v) is 8.74. The van der Waals surface area contributed by atoms with Crippen LogP contribution in [-0.2, 0) is 31.1 Å². The van der Waals surface area contributed by atoms with E-state index in [1.54, 1.807) is 0 Å². The second-order valence-electron chi connectivity index (χ2n) is 12.7. The molecule has 5 aromatic rings. The minimum atomic E-state index is 0.126. The molecule has 0 aliphatic carbocycles. The van der Waals surface area contributed by atoms with E-state index in [1.165, 1.54) is 44.5 Å². The summed E-state index contributed by atoms with van der Waals surface area (Å²) in [6.07, 6.45) is 3.97. The molecular weight excluding hydrogens is 520 g/mol. The van der Waals surface area contributed by atoms with Gasteiger partial charge in [-0.2, -0.15) is 0 Å². The van der Waals surface area contributed by atoms with Crippen LogP contribution >= 0.6 is 0 Å². The summed E-state index contributed by atoms with van der Waals surface area (Å²) in [5.41, 5.74) is 23.2. The van der Waals surface area contributed by atoms with Gasteiger partial charge in [0.15, 0.2) is 0 Å². The predicted octanol–water partition coefficient (Wildman–Crippen LogP) is 10.9. The van der Waals surface area contributed by atoms with Crippen LogP contribution in [0.1, 0.15) is 76.3 Å². The summed E-state index contributed by atoms with van der Waals surface area (Å²) in [6.45, 7) is 15.6. The van der Waals surface area contributed by atoms with E-state index in [2.05, 4.69) is 139 Å². The molecule has 0 unspecified atom stereocenters. The molecule has 1 heterocycles. The zero-order valence-corrected chi connectivity index (χ0v) is 27.0. The lowest BCUT2D eigenvalue weighted by atomic mass is 9.86. The quantitative estimate of drug-likeness (QED) is 0.190. The van der Waals surface area contributed by atoms with E-state index in [4.69, 9.17) is 10.7 Å². The molecule has 2 nitrogen and oxygen atoms in total. The molecule has 0 aliphatic heterocycles. The summed E-state index contributed by atoms with van der Waals surface area (Å²) in [7, 11) is 0. The van der Waals surface area contributed by atoms with Gasteiger partial charge in [-0.25, -0.2) is 4.98 Å². The average Bonchev–Trinajstić information content (AvgIpc) is 3.03. The fraction of sp³-hybridized carbons (Fsp3) is 0.293. The lowest BCUT2D eigenvalue weighted by Crippen LogP contribution is -2.10. The van der Waals surface area contributed by atoms with Gasteiger partial charge in [0.05, 0.1) is 11.4 Å². The molecule has 0 aliphatic rings. The fourth-order valence-corrected chi connectivity index (χ4v) is 5.95. The van der Waals surface area contributed by atoms with Crippen molar-refractivity contribution in [2.75, 3.05) is 5.73 Å². The third kappa shape index (κ3) is 6.44. The molecule has 0 bridgehead atoms. The summed E-state index contributed by atoms with van der Waals surface area (Å²) in [5, 5.41) is 0. The molecule has 0 atom stereocenters. The summed E-state index contributed by atoms with van der Waals surface area (Å²) in [5.74, 6) is 0. The Morgan fingerprint density at radius 1 is 0.512 bits per heavy atom. The van der Waals surface area contributed by atoms with Crippen LogP contribution in [0.5, 0.6) is 0 Å². The summed E-state index contributed by atoms with van der Waals surface area (Å²) < 4.78 is 0. The van der Waals surface area contributed by atoms with Gasteiger partial charge in [-0.05, 0) is 93.8 Å². The number of rotatable bonds is 8. The van der Waals surface area contributed by atoms with E-state index in [9.17, 15) is 0 Å². The maximum absolute atomic E-state index is 6.83. The highest BCUT2D eigenvalue weighted by atomic mass is 14.7. The Morgan fingerprint density at radius 3 is 1.44 bits per heavy atom. The molecule has 43 heavy (non-hydrogen) atoms. The predicted molar refractivity (Wildman–Crippen MR) is 187 cm³/mol. The van der Waals surface area contributed by atoms with Gasteiger partial charge in [-0.3, -0.25) is 0 Å². The standard InChI is InChI=1S/C41H46N2/c1-8-27-12-19-36(29(10-3)22-27)39-25-33(26-40(43-39)37-20-13-28(9-2)23-30(37)11-4)35-21-16-32(24-38(35)42)31-14-17-34(18-15-31)41(5,6)7/h12-26H,8-11,42H2,1-7H3. The SMILES string of the molecule is CCc1ccc(-c2cc(-c3ccc(-c4ccc(C(C)(C)C)cc4)cc3N)cc(-c3ccc(CC)cc3CC)n2)c(CC)c1. The van der Waals surface area contributed by atoms with E-state index < -0.39 is 0 Å². The molecule has 2 N–H and O–H groups in total. The largest absolute Gasteiger partial charge is 0.398 e. The van der Waals surface area contributed by atoms with Crippen LogP contribution in [-0.4, -0.2) is 4.98 Å². The van der Waals surface area contributed by atoms with Crippen LogP contribution in [0.25, 0.3) is 44.8 Å². The molecule has 220 valence electrons. The van der Waals surface area contributed by atoms with E-state index in [0.717, 1.165) is 59.4 Å². The highest BCUT2D eigenvalue weighted by Gasteiger charge is 2.16. The lowest BCUT2D eigenvalue weighted by Gasteiger charge is -2.19. The van der Waals surface area contributed by atoms with Crippen molar-refractivity contribution in [2.24, 2.45) is 0 Å². The Balaban J connectivity index is 1.66. The van der Waals surface area contributed by atoms with Crippen LogP contribution in [0, 0.1) is 0 Å². The molecule has 0 saturated heterocycles. The van der Waals surface area contributed by atoms with Crippen LogP contribution in [0.15, 0.2) is 91.0 Å². The van der Waals surface area contributed by atoms with Gasteiger partial charge in [-0.15, -0.1) is 0 Å². The number of pyridine rings is 1. The van der Waals surface area contributed by atoms with Gasteiger partial charge in [0.25, 0.3) is 0 Å². The number of aromatic nitrogens is 1. The molecule has 5 rings (SSSR count). The number of nitrogen functional groups attached to an aromatic ring is 1. The first-order chi connectivity index (χ1) is 20.6. The molecule has 1 aromatic heterocycles. The van der Waals surface area contributed by atoms with Gasteiger partial charge in [0, 0.05) is 22.4 Å². The zero-order valence-electron chi connectivity index (χ0n) is 27.0. The average molecular weight is 567 g/mol. The van der Waals surface area contributed by atoms with Crippen LogP contribution in [0.2, 0.25) is 0 Å². The van der Waals surface area contributed by atoms with Crippen molar-refractivity contribution >= 4 is 5.69 Å². The highest BCUT2D eigenvalue weighted by molar-refractivity contribution is 5.86. The number of anilines is 1. The summed E-state index contributed by atoms with van der Waals surface area (Å²) in [4.78, 5) is 5.31. The third-order valence-electron chi connectivity index (χ3n) is 8.74. The number of hydrogen-bond donors (Lipinski definition) is 1. The first-order valence-electron chi connectivity index (χ1n) is 15.9. The van der Waals surface area contributed by atoms with Crippen LogP contribution < -0.4 is 5.73 Å². The molecule has 0 fully saturated rings. The van der Waals surface area contributed by atoms with Crippen LogP contribution in [0.4, 0.5) is 5.69 Å². The van der Waals surface area contributed by atoms with E-state index in [-0.39, 0.29) is 5.41 Å². The van der Waals surface area contributed by atoms with Gasteiger partial charge < -0.3 is 5.73 Å². The Labute approximate surface area is 259 Å². The monoisotopic (exact) mass is 566 g/mol. The molecule has 4 aromatic carbocycles. The lowest BCUT2D eigenvalue weighted by molar-refractivity contribution is 0.590. The van der Waals surface area contributed by atoms with Crippen LogP contribution in [0.3, 0.4) is 0 Å². The molecule has 0 amide bonds. The first kappa shape index (κ1) is 30.3. The minimum absolute atomic E-state index is 0.126. The minimum Gasteiger partial charge on any atom is -0.398 e. The molecule has 2 heteroatoms. The number of hydrogen-bond acceptors (Lipinski definition) is 2. The van der Waals surface area contributed by atoms with Crippen molar-refractivity contribution in [3.63, 3.8) is 0 Å². The number of aryl methyl sites for hydroxylation is 4. The summed E-state index contributed by atoms with van der Waals surface area (Å²) >= 11 is 0. The van der Waals surface area contributed by atoms with Crippen molar-refractivity contribution in [1.82, 2.24) is 4.98 Å². The smallest absolute Gasteiger partial charge is 0.0718 e. The van der Waals surface area contributed by atoms with Crippen molar-refractivity contribution < 1.29 is 0 Å². The molecule has 0 spiro atoms. The normalized spacial score (nSPS) is 11.6. The Kier molecular flexibility index (Phi) is 8.87. The van der Waals surface area contributed by atoms with Crippen molar-refractivity contribution in [3.8, 4) is 44.8 Å². The molecular formula is C41H46N2. The Bertz CT molecular complexity index is 1660. The maximum atomic E-state index is 6.83. The van der Waals surface area contributed by atoms with Gasteiger partial charge in [-0.1, -0.05) is 121 Å². The Morgan fingerprint density at radius 2 is 1.00 bits per heavy atom. The number of nitrogens with zero attached hydrogens (tertiary/aromatic N) is 1. The van der Waals surface area contributed by atoms with Gasteiger partial charge in [0.2, 0.25) is 0 Å². The second-order valence-corrected chi connectivity index (χ2v) is 12.7. The van der Waals surface area contributed by atoms with Gasteiger partial charge >= 0.3 is 0 Å². The van der Waals surface area contributed by atoms with E-state index >= 15 is 0 Å². The van der Waals surface area contributed by atoms with E-state index in [1.807, 2.05) is 0 Å². The second kappa shape index (κ2) is 12.6. The first-order valence-corrected chi connectivity index (χ1v) is 15.9. The Hall–Kier alpha value is -4.17. The zero-order chi connectivity index (χ0) is 30.7. The van der Waals surface area contributed by atoms with Crippen molar-refractivity contribution in [2.45, 2.75) is 79.6 Å². The maximum Gasteiger partial charge on any atom is 0.0718 e. The molecule has 0 saturated carbocycles. The molecule has 0 radical (unpaired) electrons. The highest BCUT2D eigenvalue weighted by Crippen LogP contribution is 2.37. The summed E-state index contributed by atoms with van der Waals surface area (Å²) in [6, 6.07) is 33.4. The van der Waals surface area contributed by atoms with Gasteiger partial charge in [0.1, 0.15) is 0 Å². The number of benzene rings is 4. The number of nitrogens with two attached hydrogens (primary N) is 1. The van der Waals surface area contributed by atoms with Crippen molar-refractivity contribution in [1.29, 1.82) is 0 Å². The fourth-order valence-electron chi connectivity index (χ4n) is 5.95. The topological polar surface area (TPSA) is 38.9 Å².